The van der Waals surface area contributed by atoms with Crippen molar-refractivity contribution >= 4 is 29.1 Å². The van der Waals surface area contributed by atoms with Gasteiger partial charge in [-0.15, -0.1) is 0 Å². The number of carbonyl (C=O) groups is 1. The van der Waals surface area contributed by atoms with Crippen LogP contribution in [0.5, 0.6) is 0 Å². The van der Waals surface area contributed by atoms with Crippen molar-refractivity contribution in [1.82, 2.24) is 4.98 Å². The topological polar surface area (TPSA) is 53.4 Å². The summed E-state index contributed by atoms with van der Waals surface area (Å²) >= 11 is 5.89. The first kappa shape index (κ1) is 14.3. The molecule has 0 amide bonds. The smallest absolute Gasteiger partial charge is 0.339 e. The fourth-order valence-electron chi connectivity index (χ4n) is 2.14. The molecule has 2 aromatic rings. The number of hydrogen-bond acceptors (Lipinski definition) is 3. The molecule has 0 radical (unpaired) electrons. The molecule has 0 saturated heterocycles. The standard InChI is InChI=1S/C15H15ClN2O2/c1-9-4-6-12(10(2)8-9)18(3)14-11(15(19)20)5-7-13(16)17-14/h4-8H,1-3H3,(H,19,20). The normalized spacial score (nSPS) is 10.4. The second-order valence-electron chi connectivity index (χ2n) is 4.66. The van der Waals surface area contributed by atoms with Crippen molar-refractivity contribution in [3.8, 4) is 0 Å². The van der Waals surface area contributed by atoms with Gasteiger partial charge < -0.3 is 10.0 Å². The molecule has 0 atom stereocenters. The second kappa shape index (κ2) is 5.51. The van der Waals surface area contributed by atoms with Gasteiger partial charge in [0.15, 0.2) is 0 Å². The number of carboxylic acid groups (broad SMARTS) is 1. The molecule has 0 bridgehead atoms. The van der Waals surface area contributed by atoms with E-state index in [1.54, 1.807) is 11.9 Å². The molecule has 0 unspecified atom stereocenters. The highest BCUT2D eigenvalue weighted by Crippen LogP contribution is 2.29. The van der Waals surface area contributed by atoms with Crippen LogP contribution in [-0.4, -0.2) is 23.1 Å². The molecule has 20 heavy (non-hydrogen) atoms. The molecule has 0 aliphatic heterocycles. The Hall–Kier alpha value is -2.07. The maximum absolute atomic E-state index is 11.3. The Morgan fingerprint density at radius 3 is 2.55 bits per heavy atom. The van der Waals surface area contributed by atoms with Crippen molar-refractivity contribution in [3.63, 3.8) is 0 Å². The van der Waals surface area contributed by atoms with E-state index in [-0.39, 0.29) is 10.7 Å². The number of anilines is 2. The lowest BCUT2D eigenvalue weighted by atomic mass is 10.1. The van der Waals surface area contributed by atoms with Crippen LogP contribution in [0.2, 0.25) is 5.15 Å². The Morgan fingerprint density at radius 2 is 1.95 bits per heavy atom. The predicted molar refractivity (Wildman–Crippen MR) is 80.2 cm³/mol. The van der Waals surface area contributed by atoms with Crippen LogP contribution in [0.1, 0.15) is 21.5 Å². The van der Waals surface area contributed by atoms with Crippen LogP contribution in [-0.2, 0) is 0 Å². The van der Waals surface area contributed by atoms with Gasteiger partial charge in [-0.25, -0.2) is 9.78 Å². The zero-order valence-electron chi connectivity index (χ0n) is 11.5. The van der Waals surface area contributed by atoms with Gasteiger partial charge >= 0.3 is 5.97 Å². The summed E-state index contributed by atoms with van der Waals surface area (Å²) in [5, 5.41) is 9.52. The van der Waals surface area contributed by atoms with Crippen LogP contribution in [0.25, 0.3) is 0 Å². The quantitative estimate of drug-likeness (QED) is 0.873. The Bertz CT molecular complexity index is 671. The molecule has 0 aliphatic rings. The minimum Gasteiger partial charge on any atom is -0.478 e. The van der Waals surface area contributed by atoms with Gasteiger partial charge in [-0.1, -0.05) is 29.3 Å². The van der Waals surface area contributed by atoms with Crippen molar-refractivity contribution < 1.29 is 9.90 Å². The van der Waals surface area contributed by atoms with Crippen LogP contribution >= 0.6 is 11.6 Å². The van der Waals surface area contributed by atoms with E-state index in [0.29, 0.717) is 5.82 Å². The van der Waals surface area contributed by atoms with Crippen molar-refractivity contribution in [2.75, 3.05) is 11.9 Å². The monoisotopic (exact) mass is 290 g/mol. The van der Waals surface area contributed by atoms with Crippen molar-refractivity contribution in [2.24, 2.45) is 0 Å². The highest BCUT2D eigenvalue weighted by atomic mass is 35.5. The molecule has 1 aromatic carbocycles. The Morgan fingerprint density at radius 1 is 1.25 bits per heavy atom. The lowest BCUT2D eigenvalue weighted by Crippen LogP contribution is -2.17. The van der Waals surface area contributed by atoms with Crippen LogP contribution in [0.4, 0.5) is 11.5 Å². The van der Waals surface area contributed by atoms with E-state index >= 15 is 0 Å². The van der Waals surface area contributed by atoms with Gasteiger partial charge in [-0.2, -0.15) is 0 Å². The van der Waals surface area contributed by atoms with E-state index < -0.39 is 5.97 Å². The molecular formula is C15H15ClN2O2. The summed E-state index contributed by atoms with van der Waals surface area (Å²) in [5.41, 5.74) is 3.22. The van der Waals surface area contributed by atoms with Crippen LogP contribution in [0.3, 0.4) is 0 Å². The van der Waals surface area contributed by atoms with E-state index in [9.17, 15) is 9.90 Å². The molecule has 0 fully saturated rings. The van der Waals surface area contributed by atoms with E-state index in [0.717, 1.165) is 16.8 Å². The Kier molecular flexibility index (Phi) is 3.95. The fourth-order valence-corrected chi connectivity index (χ4v) is 2.29. The van der Waals surface area contributed by atoms with E-state index in [1.165, 1.54) is 12.1 Å². The number of aromatic carboxylic acids is 1. The molecule has 0 saturated carbocycles. The van der Waals surface area contributed by atoms with Gasteiger partial charge in [0.05, 0.1) is 0 Å². The third-order valence-corrected chi connectivity index (χ3v) is 3.31. The highest BCUT2D eigenvalue weighted by molar-refractivity contribution is 6.29. The second-order valence-corrected chi connectivity index (χ2v) is 5.05. The first-order valence-corrected chi connectivity index (χ1v) is 6.49. The molecule has 1 heterocycles. The first-order chi connectivity index (χ1) is 9.40. The van der Waals surface area contributed by atoms with Crippen molar-refractivity contribution in [3.05, 3.63) is 52.2 Å². The third kappa shape index (κ3) is 2.75. The number of halogens is 1. The molecule has 1 aromatic heterocycles. The van der Waals surface area contributed by atoms with Gasteiger partial charge in [-0.05, 0) is 37.6 Å². The van der Waals surface area contributed by atoms with Crippen LogP contribution in [0.15, 0.2) is 30.3 Å². The summed E-state index contributed by atoms with van der Waals surface area (Å²) in [6.07, 6.45) is 0. The zero-order chi connectivity index (χ0) is 14.9. The molecule has 0 aliphatic carbocycles. The van der Waals surface area contributed by atoms with Gasteiger partial charge in [-0.3, -0.25) is 0 Å². The molecule has 4 nitrogen and oxygen atoms in total. The molecule has 0 spiro atoms. The summed E-state index contributed by atoms with van der Waals surface area (Å²) in [7, 11) is 1.78. The van der Waals surface area contributed by atoms with Gasteiger partial charge in [0.25, 0.3) is 0 Å². The zero-order valence-corrected chi connectivity index (χ0v) is 12.3. The van der Waals surface area contributed by atoms with Gasteiger partial charge in [0.1, 0.15) is 16.5 Å². The average molecular weight is 291 g/mol. The SMILES string of the molecule is Cc1ccc(N(C)c2nc(Cl)ccc2C(=O)O)c(C)c1. The Balaban J connectivity index is 2.55. The molecule has 1 N–H and O–H groups in total. The van der Waals surface area contributed by atoms with E-state index in [4.69, 9.17) is 11.6 Å². The van der Waals surface area contributed by atoms with Crippen molar-refractivity contribution in [2.45, 2.75) is 13.8 Å². The lowest BCUT2D eigenvalue weighted by Gasteiger charge is -2.22. The third-order valence-electron chi connectivity index (χ3n) is 3.10. The summed E-state index contributed by atoms with van der Waals surface area (Å²) in [5.74, 6) is -0.697. The predicted octanol–water partition coefficient (Wildman–Crippen LogP) is 3.82. The minimum atomic E-state index is -1.03. The number of aryl methyl sites for hydroxylation is 2. The lowest BCUT2D eigenvalue weighted by molar-refractivity contribution is 0.0697. The number of pyridine rings is 1. The van der Waals surface area contributed by atoms with Crippen molar-refractivity contribution in [1.29, 1.82) is 0 Å². The van der Waals surface area contributed by atoms with E-state index in [2.05, 4.69) is 4.98 Å². The number of aromatic nitrogens is 1. The summed E-state index contributed by atoms with van der Waals surface area (Å²) in [6, 6.07) is 8.90. The number of hydrogen-bond donors (Lipinski definition) is 1. The molecular weight excluding hydrogens is 276 g/mol. The Labute approximate surface area is 122 Å². The number of rotatable bonds is 3. The van der Waals surface area contributed by atoms with Crippen LogP contribution < -0.4 is 4.90 Å². The number of nitrogens with zero attached hydrogens (tertiary/aromatic N) is 2. The molecule has 2 rings (SSSR count). The first-order valence-electron chi connectivity index (χ1n) is 6.11. The number of benzene rings is 1. The number of carboxylic acids is 1. The van der Waals surface area contributed by atoms with Crippen LogP contribution in [0, 0.1) is 13.8 Å². The maximum atomic E-state index is 11.3. The molecule has 104 valence electrons. The highest BCUT2D eigenvalue weighted by Gasteiger charge is 2.18. The summed E-state index contributed by atoms with van der Waals surface area (Å²) < 4.78 is 0. The maximum Gasteiger partial charge on any atom is 0.339 e. The fraction of sp³-hybridized carbons (Fsp3) is 0.200. The average Bonchev–Trinajstić information content (AvgIpc) is 2.37. The minimum absolute atomic E-state index is 0.122. The summed E-state index contributed by atoms with van der Waals surface area (Å²) in [4.78, 5) is 17.2. The van der Waals surface area contributed by atoms with Gasteiger partial charge in [0.2, 0.25) is 0 Å². The van der Waals surface area contributed by atoms with Gasteiger partial charge in [0, 0.05) is 12.7 Å². The summed E-state index contributed by atoms with van der Waals surface area (Å²) in [6.45, 7) is 3.99. The van der Waals surface area contributed by atoms with E-state index in [1.807, 2.05) is 32.0 Å². The largest absolute Gasteiger partial charge is 0.478 e. The molecule has 5 heteroatoms.